The van der Waals surface area contributed by atoms with Crippen LogP contribution in [0.5, 0.6) is 0 Å². The zero-order chi connectivity index (χ0) is 10.3. The molecule has 0 spiro atoms. The van der Waals surface area contributed by atoms with Crippen molar-refractivity contribution in [2.75, 3.05) is 5.73 Å². The van der Waals surface area contributed by atoms with Crippen molar-refractivity contribution < 1.29 is 0 Å². The van der Waals surface area contributed by atoms with Crippen LogP contribution in [-0.2, 0) is 0 Å². The molecule has 2 aromatic rings. The summed E-state index contributed by atoms with van der Waals surface area (Å²) < 4.78 is 0. The summed E-state index contributed by atoms with van der Waals surface area (Å²) in [6, 6.07) is 0. The van der Waals surface area contributed by atoms with Crippen LogP contribution in [0.2, 0.25) is 0 Å². The predicted octanol–water partition coefficient (Wildman–Crippen LogP) is -0.469. The second kappa shape index (κ2) is 4.26. The van der Waals surface area contributed by atoms with Crippen LogP contribution in [0, 0.1) is 13.8 Å². The Morgan fingerprint density at radius 3 is 2.53 bits per heavy atom. The quantitative estimate of drug-likeness (QED) is 0.578. The van der Waals surface area contributed by atoms with Crippen molar-refractivity contribution in [3.63, 3.8) is 0 Å². The van der Waals surface area contributed by atoms with Crippen molar-refractivity contribution in [2.24, 2.45) is 0 Å². The number of aromatic nitrogens is 4. The van der Waals surface area contributed by atoms with E-state index in [-0.39, 0.29) is 40.9 Å². The van der Waals surface area contributed by atoms with E-state index >= 15 is 0 Å². The van der Waals surface area contributed by atoms with Crippen LogP contribution in [0.4, 0.5) is 5.82 Å². The molecule has 0 aliphatic rings. The van der Waals surface area contributed by atoms with Gasteiger partial charge in [0.05, 0.1) is 0 Å². The Bertz CT molecular complexity index is 565. The Balaban J connectivity index is 0.00000112. The molecule has 73 valence electrons. The first-order valence-corrected chi connectivity index (χ1v) is 4.08. The van der Waals surface area contributed by atoms with E-state index in [0.29, 0.717) is 22.7 Å². The molecule has 0 amide bonds. The molecule has 7 heteroatoms. The first-order valence-electron chi connectivity index (χ1n) is 4.08. The SMILES string of the molecule is Cc1nc(N)c2nc(C)c(=O)[nH]c2n1.[Na]. The van der Waals surface area contributed by atoms with E-state index in [9.17, 15) is 4.79 Å². The largest absolute Gasteiger partial charge is 0.382 e. The van der Waals surface area contributed by atoms with Gasteiger partial charge in [-0.3, -0.25) is 4.79 Å². The fourth-order valence-electron chi connectivity index (χ4n) is 1.20. The molecule has 2 rings (SSSR count). The molecule has 0 saturated carbocycles. The minimum atomic E-state index is -0.255. The van der Waals surface area contributed by atoms with Gasteiger partial charge in [0.2, 0.25) is 0 Å². The summed E-state index contributed by atoms with van der Waals surface area (Å²) in [6.07, 6.45) is 0. The molecule has 0 aliphatic heterocycles. The van der Waals surface area contributed by atoms with Gasteiger partial charge in [0, 0.05) is 29.6 Å². The second-order valence-corrected chi connectivity index (χ2v) is 3.00. The first-order chi connectivity index (χ1) is 6.58. The van der Waals surface area contributed by atoms with E-state index in [4.69, 9.17) is 5.73 Å². The van der Waals surface area contributed by atoms with Crippen LogP contribution in [0.1, 0.15) is 11.5 Å². The normalized spacial score (nSPS) is 10.0. The number of hydrogen-bond donors (Lipinski definition) is 2. The number of rotatable bonds is 0. The summed E-state index contributed by atoms with van der Waals surface area (Å²) >= 11 is 0. The maximum Gasteiger partial charge on any atom is 0.270 e. The Morgan fingerprint density at radius 2 is 1.87 bits per heavy atom. The number of anilines is 1. The topological polar surface area (TPSA) is 97.5 Å². The first kappa shape index (κ1) is 12.1. The van der Waals surface area contributed by atoms with Gasteiger partial charge < -0.3 is 10.7 Å². The Morgan fingerprint density at radius 1 is 1.20 bits per heavy atom. The summed E-state index contributed by atoms with van der Waals surface area (Å²) in [7, 11) is 0. The van der Waals surface area contributed by atoms with Crippen molar-refractivity contribution in [2.45, 2.75) is 13.8 Å². The fraction of sp³-hybridized carbons (Fsp3) is 0.250. The number of aryl methyl sites for hydroxylation is 2. The van der Waals surface area contributed by atoms with Crippen LogP contribution in [-0.4, -0.2) is 49.5 Å². The Kier molecular flexibility index (Phi) is 3.43. The van der Waals surface area contributed by atoms with E-state index in [1.807, 2.05) is 0 Å². The third-order valence-electron chi connectivity index (χ3n) is 1.86. The van der Waals surface area contributed by atoms with Crippen molar-refractivity contribution in [1.82, 2.24) is 19.9 Å². The zero-order valence-corrected chi connectivity index (χ0v) is 10.8. The Hall–Kier alpha value is -0.980. The van der Waals surface area contributed by atoms with E-state index in [1.54, 1.807) is 13.8 Å². The molecular formula is C8H9N5NaO. The van der Waals surface area contributed by atoms with E-state index in [1.165, 1.54) is 0 Å². The molecule has 0 aromatic carbocycles. The number of hydrogen-bond acceptors (Lipinski definition) is 5. The van der Waals surface area contributed by atoms with Crippen LogP contribution in [0.25, 0.3) is 11.2 Å². The molecule has 1 radical (unpaired) electrons. The van der Waals surface area contributed by atoms with Gasteiger partial charge in [0.15, 0.2) is 11.5 Å². The number of aromatic amines is 1. The molecule has 2 aromatic heterocycles. The molecule has 0 fully saturated rings. The van der Waals surface area contributed by atoms with Crippen LogP contribution < -0.4 is 11.3 Å². The third kappa shape index (κ3) is 2.17. The average molecular weight is 214 g/mol. The fourth-order valence-corrected chi connectivity index (χ4v) is 1.20. The van der Waals surface area contributed by atoms with Crippen LogP contribution in [0.15, 0.2) is 4.79 Å². The van der Waals surface area contributed by atoms with Crippen LogP contribution in [0.3, 0.4) is 0 Å². The average Bonchev–Trinajstić information content (AvgIpc) is 2.08. The molecule has 0 saturated heterocycles. The summed E-state index contributed by atoms with van der Waals surface area (Å²) in [5.74, 6) is 0.795. The summed E-state index contributed by atoms with van der Waals surface area (Å²) in [4.78, 5) is 25.8. The molecule has 0 bridgehead atoms. The van der Waals surface area contributed by atoms with Gasteiger partial charge >= 0.3 is 0 Å². The number of nitrogens with two attached hydrogens (primary N) is 1. The monoisotopic (exact) mass is 214 g/mol. The Labute approximate surface area is 108 Å². The van der Waals surface area contributed by atoms with Crippen molar-refractivity contribution in [3.05, 3.63) is 21.9 Å². The van der Waals surface area contributed by atoms with Gasteiger partial charge in [-0.05, 0) is 13.8 Å². The second-order valence-electron chi connectivity index (χ2n) is 3.00. The number of H-pyrrole nitrogens is 1. The van der Waals surface area contributed by atoms with Gasteiger partial charge in [0.1, 0.15) is 17.0 Å². The molecule has 2 heterocycles. The molecular weight excluding hydrogens is 205 g/mol. The summed E-state index contributed by atoms with van der Waals surface area (Å²) in [5.41, 5.74) is 6.56. The summed E-state index contributed by atoms with van der Waals surface area (Å²) in [5, 5.41) is 0. The van der Waals surface area contributed by atoms with Gasteiger partial charge in [-0.25, -0.2) is 15.0 Å². The van der Waals surface area contributed by atoms with Crippen LogP contribution >= 0.6 is 0 Å². The molecule has 6 nitrogen and oxygen atoms in total. The third-order valence-corrected chi connectivity index (χ3v) is 1.86. The number of nitrogens with zero attached hydrogens (tertiary/aromatic N) is 3. The standard InChI is InChI=1S/C8H9N5O.Na/c1-3-8(14)13-7-5(10-3)6(9)11-4(2)12-7;/h1-2H3,(H3,9,11,12,13,14);. The number of nitrogen functional groups attached to an aromatic ring is 1. The molecule has 0 aliphatic carbocycles. The zero-order valence-electron chi connectivity index (χ0n) is 8.83. The van der Waals surface area contributed by atoms with E-state index in [2.05, 4.69) is 19.9 Å². The smallest absolute Gasteiger partial charge is 0.270 e. The van der Waals surface area contributed by atoms with Gasteiger partial charge in [-0.15, -0.1) is 0 Å². The van der Waals surface area contributed by atoms with E-state index in [0.717, 1.165) is 0 Å². The molecule has 0 atom stereocenters. The maximum absolute atomic E-state index is 11.2. The minimum absolute atomic E-state index is 0. The van der Waals surface area contributed by atoms with Gasteiger partial charge in [-0.1, -0.05) is 0 Å². The predicted molar refractivity (Wildman–Crippen MR) is 57.6 cm³/mol. The minimum Gasteiger partial charge on any atom is -0.382 e. The number of fused-ring (bicyclic) bond motifs is 1. The van der Waals surface area contributed by atoms with Gasteiger partial charge in [-0.2, -0.15) is 0 Å². The number of nitrogens with one attached hydrogen (secondary N) is 1. The molecule has 0 unspecified atom stereocenters. The van der Waals surface area contributed by atoms with Crippen molar-refractivity contribution in [3.8, 4) is 0 Å². The van der Waals surface area contributed by atoms with Crippen molar-refractivity contribution >= 4 is 46.5 Å². The van der Waals surface area contributed by atoms with Crippen molar-refractivity contribution in [1.29, 1.82) is 0 Å². The summed E-state index contributed by atoms with van der Waals surface area (Å²) in [6.45, 7) is 3.31. The van der Waals surface area contributed by atoms with Gasteiger partial charge in [0.25, 0.3) is 5.56 Å². The molecule has 3 N–H and O–H groups in total. The molecule has 15 heavy (non-hydrogen) atoms. The maximum atomic E-state index is 11.2. The van der Waals surface area contributed by atoms with E-state index < -0.39 is 0 Å².